The van der Waals surface area contributed by atoms with Crippen molar-refractivity contribution in [3.05, 3.63) is 68.5 Å². The van der Waals surface area contributed by atoms with Crippen molar-refractivity contribution in [3.63, 3.8) is 0 Å². The molecule has 5 rings (SSSR count). The first-order valence-corrected chi connectivity index (χ1v) is 13.6. The molecular formula is C27H25F7N8O3. The van der Waals surface area contributed by atoms with Gasteiger partial charge in [0.15, 0.2) is 5.82 Å². The lowest BCUT2D eigenvalue weighted by atomic mass is 10.0. The number of aromatic amines is 1. The van der Waals surface area contributed by atoms with Crippen molar-refractivity contribution in [2.45, 2.75) is 63.8 Å². The zero-order chi connectivity index (χ0) is 32.8. The molecule has 0 amide bonds. The molecule has 1 aliphatic rings. The molecule has 1 saturated heterocycles. The van der Waals surface area contributed by atoms with Crippen molar-refractivity contribution in [2.75, 3.05) is 16.8 Å². The molecule has 0 spiro atoms. The number of aliphatic hydroxyl groups excluding tert-OH is 1. The van der Waals surface area contributed by atoms with Gasteiger partial charge in [-0.05, 0) is 38.8 Å². The van der Waals surface area contributed by atoms with Crippen LogP contribution >= 0.6 is 0 Å². The lowest BCUT2D eigenvalue weighted by molar-refractivity contribution is -0.138. The molecule has 4 aromatic rings. The molecule has 1 aromatic carbocycles. The maximum Gasteiger partial charge on any atom is 0.423 e. The number of rotatable bonds is 8. The van der Waals surface area contributed by atoms with Gasteiger partial charge in [0.05, 0.1) is 46.8 Å². The molecular weight excluding hydrogens is 617 g/mol. The molecule has 11 nitrogen and oxygen atoms in total. The number of β-amino-alcohol motifs (C(OH)–C–C–N with tert-alkyl or cyclic N) is 1. The number of hydrogen-bond acceptors (Lipinski definition) is 9. The number of fused-ring (bicyclic) bond motifs is 1. The first kappa shape index (κ1) is 31.8. The summed E-state index contributed by atoms with van der Waals surface area (Å²) in [7, 11) is 0. The minimum atomic E-state index is -4.91. The highest BCUT2D eigenvalue weighted by Crippen LogP contribution is 2.39. The highest BCUT2D eigenvalue weighted by Gasteiger charge is 2.43. The van der Waals surface area contributed by atoms with E-state index in [0.717, 1.165) is 18.3 Å². The Labute approximate surface area is 248 Å². The predicted molar refractivity (Wildman–Crippen MR) is 147 cm³/mol. The summed E-state index contributed by atoms with van der Waals surface area (Å²) in [5.41, 5.74) is -5.32. The molecule has 4 heterocycles. The van der Waals surface area contributed by atoms with Crippen molar-refractivity contribution in [2.24, 2.45) is 0 Å². The van der Waals surface area contributed by atoms with E-state index in [4.69, 9.17) is 0 Å². The summed E-state index contributed by atoms with van der Waals surface area (Å²) < 4.78 is 97.3. The molecule has 0 saturated carbocycles. The van der Waals surface area contributed by atoms with Gasteiger partial charge in [0.2, 0.25) is 0 Å². The fraction of sp³-hybridized carbons (Fsp3) is 0.407. The maximum absolute atomic E-state index is 15.3. The van der Waals surface area contributed by atoms with Crippen LogP contribution in [0.2, 0.25) is 0 Å². The van der Waals surface area contributed by atoms with E-state index in [2.05, 4.69) is 25.4 Å². The number of anilines is 2. The van der Waals surface area contributed by atoms with Crippen LogP contribution in [0.15, 0.2) is 40.4 Å². The Balaban J connectivity index is 1.35. The number of alkyl halides is 6. The highest BCUT2D eigenvalue weighted by molar-refractivity contribution is 5.82. The van der Waals surface area contributed by atoms with E-state index in [0.29, 0.717) is 6.20 Å². The Morgan fingerprint density at radius 2 is 1.84 bits per heavy atom. The summed E-state index contributed by atoms with van der Waals surface area (Å²) in [4.78, 5) is 37.8. The van der Waals surface area contributed by atoms with Gasteiger partial charge in [-0.15, -0.1) is 0 Å². The summed E-state index contributed by atoms with van der Waals surface area (Å²) >= 11 is 0. The van der Waals surface area contributed by atoms with Gasteiger partial charge in [-0.25, -0.2) is 24.4 Å². The Morgan fingerprint density at radius 1 is 1.11 bits per heavy atom. The number of nitrogens with zero attached hydrogens (tertiary/aromatic N) is 6. The number of halogens is 7. The molecule has 1 fully saturated rings. The minimum Gasteiger partial charge on any atom is -0.389 e. The van der Waals surface area contributed by atoms with Crippen LogP contribution in [0.3, 0.4) is 0 Å². The Kier molecular flexibility index (Phi) is 8.28. The summed E-state index contributed by atoms with van der Waals surface area (Å²) in [5, 5.41) is 17.4. The third-order valence-electron chi connectivity index (χ3n) is 7.51. The molecule has 0 bridgehead atoms. The maximum atomic E-state index is 15.3. The van der Waals surface area contributed by atoms with E-state index in [1.165, 1.54) is 22.7 Å². The van der Waals surface area contributed by atoms with Gasteiger partial charge in [0, 0.05) is 25.3 Å². The molecule has 0 aliphatic carbocycles. The smallest absolute Gasteiger partial charge is 0.389 e. The van der Waals surface area contributed by atoms with Gasteiger partial charge in [0.1, 0.15) is 22.8 Å². The van der Waals surface area contributed by atoms with Crippen molar-refractivity contribution < 1.29 is 35.8 Å². The number of H-pyrrole nitrogens is 1. The second-order valence-electron chi connectivity index (χ2n) is 10.7. The van der Waals surface area contributed by atoms with E-state index in [9.17, 15) is 41.0 Å². The van der Waals surface area contributed by atoms with Crippen LogP contribution in [0.4, 0.5) is 42.2 Å². The Hall–Kier alpha value is -4.61. The topological polar surface area (TPSA) is 142 Å². The van der Waals surface area contributed by atoms with Gasteiger partial charge in [-0.3, -0.25) is 14.2 Å². The van der Waals surface area contributed by atoms with Crippen LogP contribution in [0.25, 0.3) is 22.3 Å². The Bertz CT molecular complexity index is 1860. The summed E-state index contributed by atoms with van der Waals surface area (Å²) in [5.74, 6) is -1.86. The van der Waals surface area contributed by atoms with Crippen LogP contribution in [-0.4, -0.2) is 59.6 Å². The first-order chi connectivity index (χ1) is 21.1. The van der Waals surface area contributed by atoms with E-state index < -0.39 is 70.1 Å². The quantitative estimate of drug-likeness (QED) is 0.244. The third kappa shape index (κ3) is 6.31. The van der Waals surface area contributed by atoms with Crippen molar-refractivity contribution >= 4 is 22.4 Å². The molecule has 240 valence electrons. The molecule has 3 N–H and O–H groups in total. The molecule has 0 radical (unpaired) electrons. The predicted octanol–water partition coefficient (Wildman–Crippen LogP) is 3.96. The third-order valence-corrected chi connectivity index (χ3v) is 7.51. The van der Waals surface area contributed by atoms with Crippen LogP contribution in [0.1, 0.15) is 37.8 Å². The first-order valence-electron chi connectivity index (χ1n) is 13.6. The fourth-order valence-corrected chi connectivity index (χ4v) is 5.00. The molecule has 0 unspecified atom stereocenters. The standard InChI is InChI=1S/C27H25F7N8O3/c1-12(38-19-9-37-40-24(44)21(19)27(32,33)34)4-3-5-41-11-36-18-7-14(17(28)6-15(18)25(41)45)22-35-8-16(26(29,30)31)23(39-22)42-10-20(43)13(42)2/h6-9,11-13,20,43H,3-5,10H2,1-2H3,(H2,38,40,44)/t12-,13+,20+/m0/s1. The lowest BCUT2D eigenvalue weighted by Gasteiger charge is -2.45. The number of aryl methyl sites for hydroxylation is 1. The normalized spacial score (nSPS) is 17.8. The monoisotopic (exact) mass is 642 g/mol. The zero-order valence-corrected chi connectivity index (χ0v) is 23.5. The van der Waals surface area contributed by atoms with Crippen molar-refractivity contribution in [3.8, 4) is 11.4 Å². The molecule has 1 aliphatic heterocycles. The summed E-state index contributed by atoms with van der Waals surface area (Å²) in [6.07, 6.45) is -7.44. The van der Waals surface area contributed by atoms with Crippen LogP contribution in [0, 0.1) is 5.82 Å². The van der Waals surface area contributed by atoms with Gasteiger partial charge >= 0.3 is 12.4 Å². The zero-order valence-electron chi connectivity index (χ0n) is 23.5. The lowest BCUT2D eigenvalue weighted by Crippen LogP contribution is -2.59. The Morgan fingerprint density at radius 3 is 2.49 bits per heavy atom. The van der Waals surface area contributed by atoms with Gasteiger partial charge < -0.3 is 15.3 Å². The van der Waals surface area contributed by atoms with E-state index in [-0.39, 0.29) is 48.2 Å². The summed E-state index contributed by atoms with van der Waals surface area (Å²) in [6, 6.07) is 0.814. The molecule has 3 aromatic heterocycles. The van der Waals surface area contributed by atoms with Crippen molar-refractivity contribution in [1.82, 2.24) is 29.7 Å². The molecule has 3 atom stereocenters. The number of aliphatic hydroxyl groups is 1. The average molecular weight is 643 g/mol. The second-order valence-corrected chi connectivity index (χ2v) is 10.7. The van der Waals surface area contributed by atoms with Gasteiger partial charge in [0.25, 0.3) is 11.1 Å². The van der Waals surface area contributed by atoms with Crippen LogP contribution in [0.5, 0.6) is 0 Å². The number of aromatic nitrogens is 6. The average Bonchev–Trinajstić information content (AvgIpc) is 2.95. The number of nitrogens with one attached hydrogen (secondary N) is 2. The highest BCUT2D eigenvalue weighted by atomic mass is 19.4. The molecule has 18 heteroatoms. The van der Waals surface area contributed by atoms with Crippen LogP contribution < -0.4 is 21.3 Å². The van der Waals surface area contributed by atoms with E-state index in [1.807, 2.05) is 0 Å². The fourth-order valence-electron chi connectivity index (χ4n) is 5.00. The SMILES string of the molecule is C[C@@H]1[C@H](O)CN1c1nc(-c2cc3ncn(CCC[C@H](C)Nc4cn[nH]c(=O)c4C(F)(F)F)c(=O)c3cc2F)ncc1C(F)(F)F. The van der Waals surface area contributed by atoms with Gasteiger partial charge in [-0.1, -0.05) is 0 Å². The second kappa shape index (κ2) is 11.7. The van der Waals surface area contributed by atoms with E-state index in [1.54, 1.807) is 12.0 Å². The number of hydrogen-bond donors (Lipinski definition) is 3. The minimum absolute atomic E-state index is 0.0296. The van der Waals surface area contributed by atoms with Crippen LogP contribution in [-0.2, 0) is 18.9 Å². The largest absolute Gasteiger partial charge is 0.423 e. The summed E-state index contributed by atoms with van der Waals surface area (Å²) in [6.45, 7) is 3.07. The molecule has 45 heavy (non-hydrogen) atoms. The van der Waals surface area contributed by atoms with Crippen molar-refractivity contribution in [1.29, 1.82) is 0 Å². The van der Waals surface area contributed by atoms with Gasteiger partial charge in [-0.2, -0.15) is 31.4 Å². The number of benzene rings is 1. The van der Waals surface area contributed by atoms with E-state index >= 15 is 4.39 Å².